The number of hydrogen-bond donors (Lipinski definition) is 4. The van der Waals surface area contributed by atoms with E-state index < -0.39 is 5.91 Å². The quantitative estimate of drug-likeness (QED) is 0.0515. The van der Waals surface area contributed by atoms with Gasteiger partial charge in [0.05, 0.1) is 42.6 Å². The molecule has 5 heterocycles. The molecule has 0 spiro atoms. The number of carbonyl (C=O) groups is 3. The highest BCUT2D eigenvalue weighted by Gasteiger charge is 2.24. The number of nitrogens with one attached hydrogen (secondary N) is 2. The van der Waals surface area contributed by atoms with Crippen LogP contribution in [0.15, 0.2) is 55.1 Å². The first-order valence-corrected chi connectivity index (χ1v) is 20.9. The zero-order valence-corrected chi connectivity index (χ0v) is 36.0. The highest BCUT2D eigenvalue weighted by molar-refractivity contribution is 6.03. The van der Waals surface area contributed by atoms with Crippen molar-refractivity contribution in [2.45, 2.75) is 66.7 Å². The topological polar surface area (TPSA) is 220 Å². The summed E-state index contributed by atoms with van der Waals surface area (Å²) >= 11 is 0. The van der Waals surface area contributed by atoms with Crippen LogP contribution in [0.2, 0.25) is 0 Å². The summed E-state index contributed by atoms with van der Waals surface area (Å²) in [5, 5.41) is 15.3. The van der Waals surface area contributed by atoms with E-state index in [2.05, 4.69) is 32.3 Å². The van der Waals surface area contributed by atoms with E-state index >= 15 is 0 Å². The second-order valence-electron chi connectivity index (χ2n) is 15.3. The maximum Gasteiger partial charge on any atom is 0.276 e. The average molecular weight is 846 g/mol. The number of Topliss-reactive ketones (excluding diaryl/α,β-unsaturated/α-hetero) is 1. The summed E-state index contributed by atoms with van der Waals surface area (Å²) in [6.07, 6.45) is 4.61. The van der Waals surface area contributed by atoms with E-state index in [4.69, 9.17) is 30.9 Å². The third-order valence-electron chi connectivity index (χ3n) is 10.9. The van der Waals surface area contributed by atoms with Gasteiger partial charge in [-0.05, 0) is 70.5 Å². The molecule has 18 heteroatoms. The van der Waals surface area contributed by atoms with Gasteiger partial charge in [0, 0.05) is 75.7 Å². The maximum atomic E-state index is 13.9. The van der Waals surface area contributed by atoms with Crippen LogP contribution in [-0.4, -0.2) is 108 Å². The molecule has 2 amide bonds. The van der Waals surface area contributed by atoms with Crippen molar-refractivity contribution in [3.63, 3.8) is 0 Å². The van der Waals surface area contributed by atoms with Crippen LogP contribution in [0.25, 0.3) is 27.8 Å². The molecule has 1 aliphatic heterocycles. The Balaban J connectivity index is 1.25. The Hall–Kier alpha value is -6.79. The molecule has 1 saturated heterocycles. The number of methoxy groups -OCH3 is 1. The zero-order valence-electron chi connectivity index (χ0n) is 36.0. The van der Waals surface area contributed by atoms with Crippen LogP contribution in [0.5, 0.6) is 11.5 Å². The zero-order chi connectivity index (χ0) is 44.1. The molecule has 18 nitrogen and oxygen atoms in total. The molecule has 2 aromatic carbocycles. The summed E-state index contributed by atoms with van der Waals surface area (Å²) in [6, 6.07) is 10.4. The van der Waals surface area contributed by atoms with Crippen molar-refractivity contribution >= 4 is 51.3 Å². The highest BCUT2D eigenvalue weighted by Crippen LogP contribution is 2.33. The second kappa shape index (κ2) is 18.9. The van der Waals surface area contributed by atoms with Crippen LogP contribution >= 0.6 is 0 Å². The van der Waals surface area contributed by atoms with Crippen LogP contribution in [0.1, 0.15) is 74.4 Å². The van der Waals surface area contributed by atoms with Crippen molar-refractivity contribution in [3.05, 3.63) is 94.9 Å². The minimum Gasteiger partial charge on any atom is -0.494 e. The molecule has 0 unspecified atom stereocenters. The van der Waals surface area contributed by atoms with E-state index in [-0.39, 0.29) is 42.7 Å². The molecule has 0 radical (unpaired) electrons. The smallest absolute Gasteiger partial charge is 0.276 e. The fraction of sp³-hybridized carbons (Fsp3) is 0.386. The fourth-order valence-corrected chi connectivity index (χ4v) is 7.85. The number of benzene rings is 2. The number of hydrogen-bond acceptors (Lipinski definition) is 12. The monoisotopic (exact) mass is 845 g/mol. The molecule has 1 aliphatic rings. The van der Waals surface area contributed by atoms with Gasteiger partial charge in [-0.3, -0.25) is 29.1 Å². The van der Waals surface area contributed by atoms with Crippen molar-refractivity contribution in [2.75, 3.05) is 51.8 Å². The molecule has 62 heavy (non-hydrogen) atoms. The Labute approximate surface area is 359 Å². The van der Waals surface area contributed by atoms with Gasteiger partial charge >= 0.3 is 0 Å². The number of allylic oxidation sites excluding steroid dienone is 2. The van der Waals surface area contributed by atoms with Crippen LogP contribution < -0.4 is 31.6 Å². The number of anilines is 1. The van der Waals surface area contributed by atoms with Gasteiger partial charge in [0.2, 0.25) is 11.9 Å². The van der Waals surface area contributed by atoms with Crippen molar-refractivity contribution in [3.8, 4) is 11.5 Å². The molecule has 7 rings (SSSR count). The van der Waals surface area contributed by atoms with Crippen LogP contribution in [-0.2, 0) is 32.6 Å². The Bertz CT molecular complexity index is 2680. The van der Waals surface area contributed by atoms with Gasteiger partial charge in [-0.15, -0.1) is 0 Å². The lowest BCUT2D eigenvalue weighted by atomic mass is 10.1. The van der Waals surface area contributed by atoms with Gasteiger partial charge in [0.15, 0.2) is 5.78 Å². The molecule has 4 aromatic heterocycles. The Morgan fingerprint density at radius 3 is 2.11 bits per heavy atom. The predicted molar refractivity (Wildman–Crippen MR) is 238 cm³/mol. The summed E-state index contributed by atoms with van der Waals surface area (Å²) in [4.78, 5) is 52.4. The molecular weight excluding hydrogens is 791 g/mol. The van der Waals surface area contributed by atoms with Crippen LogP contribution in [0, 0.1) is 13.8 Å². The van der Waals surface area contributed by atoms with Gasteiger partial charge in [-0.1, -0.05) is 18.7 Å². The van der Waals surface area contributed by atoms with Crippen LogP contribution in [0.3, 0.4) is 0 Å². The largest absolute Gasteiger partial charge is 0.494 e. The second-order valence-corrected chi connectivity index (χ2v) is 15.3. The molecule has 0 aliphatic carbocycles. The van der Waals surface area contributed by atoms with E-state index in [1.54, 1.807) is 52.9 Å². The Morgan fingerprint density at radius 1 is 0.839 bits per heavy atom. The lowest BCUT2D eigenvalue weighted by Crippen LogP contribution is -2.43. The molecule has 0 bridgehead atoms. The number of ketones is 1. The number of imidazole rings is 2. The number of nitrogens with two attached hydrogens (primary N) is 2. The van der Waals surface area contributed by atoms with Gasteiger partial charge in [0.1, 0.15) is 39.7 Å². The number of nitrogens with zero attached hydrogens (tertiary/aromatic N) is 9. The number of carbonyl (C=O) groups excluding carboxylic acids is 3. The van der Waals surface area contributed by atoms with Crippen molar-refractivity contribution < 1.29 is 23.9 Å². The normalized spacial score (nSPS) is 13.4. The molecule has 1 fully saturated rings. The number of fused-ring (bicyclic) bond motifs is 2. The summed E-state index contributed by atoms with van der Waals surface area (Å²) < 4.78 is 19.4. The molecule has 6 aromatic rings. The number of primary amides is 1. The lowest BCUT2D eigenvalue weighted by Gasteiger charge is -2.27. The first kappa shape index (κ1) is 43.3. The minimum absolute atomic E-state index is 0.0376. The first-order chi connectivity index (χ1) is 29.9. The number of rotatable bonds is 19. The fourth-order valence-electron chi connectivity index (χ4n) is 7.85. The van der Waals surface area contributed by atoms with Gasteiger partial charge in [-0.2, -0.15) is 10.2 Å². The Kier molecular flexibility index (Phi) is 13.2. The summed E-state index contributed by atoms with van der Waals surface area (Å²) in [5.41, 5.74) is 17.8. The molecule has 0 saturated carbocycles. The SMILES string of the molecule is C=C(N)c1cc(OC)c2c(c1)nc(NC(=O)c1cc(C)nn1CC)n2C/C=C/Cn1c(CC(=O)c2cc(C)nn2CC)nc2cc(C(N)=O)cc(OCCCN3CCNCC3)c21. The van der Waals surface area contributed by atoms with Crippen LogP contribution in [0.4, 0.5) is 5.95 Å². The molecule has 0 atom stereocenters. The molecule has 6 N–H and O–H groups in total. The molecule has 326 valence electrons. The number of piperazine rings is 1. The minimum atomic E-state index is -0.616. The van der Waals surface area contributed by atoms with E-state index in [1.165, 1.54) is 0 Å². The van der Waals surface area contributed by atoms with E-state index in [0.717, 1.165) is 50.5 Å². The van der Waals surface area contributed by atoms with E-state index in [1.807, 2.05) is 49.0 Å². The first-order valence-electron chi connectivity index (χ1n) is 20.9. The number of aromatic nitrogens is 8. The van der Waals surface area contributed by atoms with E-state index in [9.17, 15) is 14.4 Å². The van der Waals surface area contributed by atoms with Gasteiger partial charge in [-0.25, -0.2) is 9.97 Å². The third-order valence-corrected chi connectivity index (χ3v) is 10.9. The van der Waals surface area contributed by atoms with E-state index in [0.29, 0.717) is 81.7 Å². The van der Waals surface area contributed by atoms with Gasteiger partial charge in [0.25, 0.3) is 5.91 Å². The van der Waals surface area contributed by atoms with Crippen molar-refractivity contribution in [2.24, 2.45) is 11.5 Å². The molecular formula is C44H55N13O5. The number of amides is 2. The van der Waals surface area contributed by atoms with Gasteiger partial charge < -0.3 is 40.3 Å². The highest BCUT2D eigenvalue weighted by atomic mass is 16.5. The Morgan fingerprint density at radius 2 is 1.45 bits per heavy atom. The lowest BCUT2D eigenvalue weighted by molar-refractivity contribution is 0.0976. The summed E-state index contributed by atoms with van der Waals surface area (Å²) in [7, 11) is 1.56. The number of ether oxygens (including phenoxy) is 2. The summed E-state index contributed by atoms with van der Waals surface area (Å²) in [5.74, 6) is 0.556. The number of aryl methyl sites for hydroxylation is 4. The average Bonchev–Trinajstić information content (AvgIpc) is 4.03. The predicted octanol–water partition coefficient (Wildman–Crippen LogP) is 4.08. The maximum absolute atomic E-state index is 13.9. The van der Waals surface area contributed by atoms with Crippen molar-refractivity contribution in [1.82, 2.24) is 48.9 Å². The van der Waals surface area contributed by atoms with Crippen molar-refractivity contribution in [1.29, 1.82) is 0 Å². The standard InChI is InChI=1S/C44H55N13O5/c1-7-56-34(20-27(3)51-56)36(58)26-39-48-32-23-31(42(46)59)25-38(62-19-11-14-53-17-12-47-13-18-53)41(32)54(39)15-9-10-16-55-40-33(22-30(29(5)45)24-37(40)61-6)49-44(55)50-43(60)35-21-28(4)52-57(35)8-2/h9-10,20-25,47H,5,7-8,11-19,26,45H2,1-4,6H3,(H2,46,59)(H,49,50,60)/b10-9+. The third kappa shape index (κ3) is 9.25. The summed E-state index contributed by atoms with van der Waals surface area (Å²) in [6.45, 7) is 18.1.